The van der Waals surface area contributed by atoms with Crippen molar-refractivity contribution in [1.82, 2.24) is 0 Å². The molecule has 0 aromatic carbocycles. The summed E-state index contributed by atoms with van der Waals surface area (Å²) in [6.45, 7) is 4.36. The lowest BCUT2D eigenvalue weighted by atomic mass is 10.0. The van der Waals surface area contributed by atoms with E-state index in [0.29, 0.717) is 0 Å². The Hall–Kier alpha value is -0.0400. The van der Waals surface area contributed by atoms with Crippen molar-refractivity contribution in [3.05, 3.63) is 0 Å². The average Bonchev–Trinajstić information content (AvgIpc) is 2.60. The highest BCUT2D eigenvalue weighted by Crippen LogP contribution is 2.15. The molecule has 0 aliphatic heterocycles. The molecule has 1 atom stereocenters. The van der Waals surface area contributed by atoms with E-state index in [1.165, 1.54) is 116 Å². The Morgan fingerprint density at radius 2 is 0.750 bits per heavy atom. The first-order chi connectivity index (χ1) is 11.8. The summed E-state index contributed by atoms with van der Waals surface area (Å²) in [6.07, 6.45) is 27.5. The average molecular weight is 341 g/mol. The molecule has 0 aliphatic rings. The summed E-state index contributed by atoms with van der Waals surface area (Å²) in [6, 6.07) is 0. The van der Waals surface area contributed by atoms with E-state index >= 15 is 0 Å². The molecule has 0 aromatic rings. The molecule has 0 saturated carbocycles. The molecule has 1 heteroatoms. The van der Waals surface area contributed by atoms with E-state index in [2.05, 4.69) is 13.8 Å². The Morgan fingerprint density at radius 1 is 0.458 bits per heavy atom. The van der Waals surface area contributed by atoms with E-state index in [0.717, 1.165) is 12.8 Å². The van der Waals surface area contributed by atoms with Crippen LogP contribution in [0.1, 0.15) is 142 Å². The Bertz CT molecular complexity index is 214. The Balaban J connectivity index is 2.98. The topological polar surface area (TPSA) is 20.2 Å². The van der Waals surface area contributed by atoms with Gasteiger partial charge >= 0.3 is 0 Å². The minimum atomic E-state index is -0.0499. The molecule has 0 heterocycles. The van der Waals surface area contributed by atoms with Gasteiger partial charge in [0.15, 0.2) is 0 Å². The predicted molar refractivity (Wildman–Crippen MR) is 110 cm³/mol. The highest BCUT2D eigenvalue weighted by atomic mass is 16.3. The molecule has 0 radical (unpaired) electrons. The van der Waals surface area contributed by atoms with Crippen LogP contribution in [0, 0.1) is 0 Å². The molecule has 0 amide bonds. The Labute approximate surface area is 154 Å². The van der Waals surface area contributed by atoms with Crippen molar-refractivity contribution in [2.45, 2.75) is 148 Å². The molecule has 0 aliphatic carbocycles. The summed E-state index contributed by atoms with van der Waals surface area (Å²) in [7, 11) is 0. The van der Waals surface area contributed by atoms with Gasteiger partial charge in [0.1, 0.15) is 0 Å². The highest BCUT2D eigenvalue weighted by molar-refractivity contribution is 4.54. The maximum atomic E-state index is 9.49. The second-order valence-corrected chi connectivity index (χ2v) is 7.86. The van der Waals surface area contributed by atoms with Gasteiger partial charge in [-0.2, -0.15) is 0 Å². The molecule has 0 spiro atoms. The SMILES string of the molecule is CCCCCCCCCCCCCCCCCCCCC(O)CC. The summed E-state index contributed by atoms with van der Waals surface area (Å²) in [5, 5.41) is 9.49. The van der Waals surface area contributed by atoms with Crippen LogP contribution in [0.15, 0.2) is 0 Å². The maximum Gasteiger partial charge on any atom is 0.0537 e. The maximum absolute atomic E-state index is 9.49. The predicted octanol–water partition coefficient (Wildman–Crippen LogP) is 8.19. The van der Waals surface area contributed by atoms with E-state index in [1.807, 2.05) is 0 Å². The van der Waals surface area contributed by atoms with Crippen LogP contribution in [0.2, 0.25) is 0 Å². The number of hydrogen-bond donors (Lipinski definition) is 1. The molecule has 1 unspecified atom stereocenters. The van der Waals surface area contributed by atoms with E-state index in [9.17, 15) is 5.11 Å². The molecule has 0 saturated heterocycles. The first-order valence-corrected chi connectivity index (χ1v) is 11.5. The van der Waals surface area contributed by atoms with Crippen LogP contribution in [0.4, 0.5) is 0 Å². The van der Waals surface area contributed by atoms with Gasteiger partial charge in [0.25, 0.3) is 0 Å². The van der Waals surface area contributed by atoms with Crippen LogP contribution in [-0.2, 0) is 0 Å². The van der Waals surface area contributed by atoms with Crippen molar-refractivity contribution in [2.24, 2.45) is 0 Å². The van der Waals surface area contributed by atoms with Crippen molar-refractivity contribution in [2.75, 3.05) is 0 Å². The third-order valence-corrected chi connectivity index (χ3v) is 5.36. The quantitative estimate of drug-likeness (QED) is 0.221. The number of unbranched alkanes of at least 4 members (excludes halogenated alkanes) is 17. The molecular weight excluding hydrogens is 292 g/mol. The van der Waals surface area contributed by atoms with Crippen molar-refractivity contribution in [3.8, 4) is 0 Å². The van der Waals surface area contributed by atoms with Gasteiger partial charge < -0.3 is 5.11 Å². The minimum absolute atomic E-state index is 0.0499. The van der Waals surface area contributed by atoms with Gasteiger partial charge in [0.2, 0.25) is 0 Å². The number of hydrogen-bond acceptors (Lipinski definition) is 1. The third kappa shape index (κ3) is 20.0. The highest BCUT2D eigenvalue weighted by Gasteiger charge is 1.99. The zero-order valence-corrected chi connectivity index (χ0v) is 17.2. The summed E-state index contributed by atoms with van der Waals surface area (Å²) < 4.78 is 0. The second-order valence-electron chi connectivity index (χ2n) is 7.86. The number of rotatable bonds is 20. The van der Waals surface area contributed by atoms with E-state index in [4.69, 9.17) is 0 Å². The third-order valence-electron chi connectivity index (χ3n) is 5.36. The fourth-order valence-corrected chi connectivity index (χ4v) is 3.49. The fraction of sp³-hybridized carbons (Fsp3) is 1.00. The lowest BCUT2D eigenvalue weighted by Crippen LogP contribution is -2.03. The summed E-state index contributed by atoms with van der Waals surface area (Å²) >= 11 is 0. The monoisotopic (exact) mass is 340 g/mol. The van der Waals surface area contributed by atoms with Gasteiger partial charge in [-0.3, -0.25) is 0 Å². The number of aliphatic hydroxyl groups excluding tert-OH is 1. The smallest absolute Gasteiger partial charge is 0.0537 e. The Kier molecular flexibility index (Phi) is 21.0. The van der Waals surface area contributed by atoms with Gasteiger partial charge in [0.05, 0.1) is 6.10 Å². The zero-order chi connectivity index (χ0) is 17.7. The van der Waals surface area contributed by atoms with Gasteiger partial charge in [0, 0.05) is 0 Å². The minimum Gasteiger partial charge on any atom is -0.393 e. The van der Waals surface area contributed by atoms with Gasteiger partial charge in [-0.1, -0.05) is 129 Å². The molecule has 1 N–H and O–H groups in total. The van der Waals surface area contributed by atoms with Crippen LogP contribution < -0.4 is 0 Å². The molecule has 1 nitrogen and oxygen atoms in total. The molecular formula is C23H48O. The van der Waals surface area contributed by atoms with Gasteiger partial charge in [-0.25, -0.2) is 0 Å². The van der Waals surface area contributed by atoms with Crippen LogP contribution in [0.25, 0.3) is 0 Å². The van der Waals surface area contributed by atoms with E-state index in [-0.39, 0.29) is 6.10 Å². The molecule has 0 bridgehead atoms. The van der Waals surface area contributed by atoms with E-state index < -0.39 is 0 Å². The van der Waals surface area contributed by atoms with Gasteiger partial charge in [-0.05, 0) is 12.8 Å². The van der Waals surface area contributed by atoms with Crippen molar-refractivity contribution < 1.29 is 5.11 Å². The van der Waals surface area contributed by atoms with E-state index in [1.54, 1.807) is 0 Å². The molecule has 24 heavy (non-hydrogen) atoms. The summed E-state index contributed by atoms with van der Waals surface area (Å²) in [5.41, 5.74) is 0. The Morgan fingerprint density at radius 3 is 1.04 bits per heavy atom. The largest absolute Gasteiger partial charge is 0.393 e. The lowest BCUT2D eigenvalue weighted by Gasteiger charge is -2.06. The molecule has 0 rings (SSSR count). The van der Waals surface area contributed by atoms with Crippen molar-refractivity contribution in [3.63, 3.8) is 0 Å². The normalized spacial score (nSPS) is 12.6. The molecule has 0 fully saturated rings. The van der Waals surface area contributed by atoms with Crippen molar-refractivity contribution >= 4 is 0 Å². The van der Waals surface area contributed by atoms with Crippen LogP contribution in [0.3, 0.4) is 0 Å². The molecule has 146 valence electrons. The van der Waals surface area contributed by atoms with Crippen LogP contribution in [0.5, 0.6) is 0 Å². The zero-order valence-electron chi connectivity index (χ0n) is 17.2. The van der Waals surface area contributed by atoms with Crippen LogP contribution >= 0.6 is 0 Å². The van der Waals surface area contributed by atoms with Crippen LogP contribution in [-0.4, -0.2) is 11.2 Å². The first-order valence-electron chi connectivity index (χ1n) is 11.5. The molecule has 0 aromatic heterocycles. The number of aliphatic hydroxyl groups is 1. The fourth-order valence-electron chi connectivity index (χ4n) is 3.49. The standard InChI is InChI=1S/C23H48O/c1-3-5-6-7-8-9-10-11-12-13-14-15-16-17-18-19-20-21-22-23(24)4-2/h23-24H,3-22H2,1-2H3. The summed E-state index contributed by atoms with van der Waals surface area (Å²) in [4.78, 5) is 0. The van der Waals surface area contributed by atoms with Gasteiger partial charge in [-0.15, -0.1) is 0 Å². The first kappa shape index (κ1) is 24.0. The second kappa shape index (κ2) is 21.0. The summed E-state index contributed by atoms with van der Waals surface area (Å²) in [5.74, 6) is 0. The lowest BCUT2D eigenvalue weighted by molar-refractivity contribution is 0.156. The van der Waals surface area contributed by atoms with Crippen molar-refractivity contribution in [1.29, 1.82) is 0 Å².